The Morgan fingerprint density at radius 2 is 0.449 bits per heavy atom. The lowest BCUT2D eigenvalue weighted by Gasteiger charge is -2.11. The van der Waals surface area contributed by atoms with E-state index in [0.29, 0.717) is 17.6 Å². The smallest absolute Gasteiger partial charge is 0.238 e. The molecule has 12 nitrogen and oxygen atoms in total. The van der Waals surface area contributed by atoms with E-state index < -0.39 is 0 Å². The fourth-order valence-corrected chi connectivity index (χ4v) is 20.8. The predicted octanol–water partition coefficient (Wildman–Crippen LogP) is 31.2. The summed E-state index contributed by atoms with van der Waals surface area (Å²) in [5, 5.41) is 16.8. The molecule has 0 saturated heterocycles. The highest BCUT2D eigenvalue weighted by Gasteiger charge is 2.26. The van der Waals surface area contributed by atoms with Gasteiger partial charge < -0.3 is 9.13 Å². The zero-order valence-electron chi connectivity index (χ0n) is 73.6. The Balaban J connectivity index is 0.000000106. The SMILES string of the molecule is c1ccc(-c2ccc(-n3c4ccccc4c4cc(-c5cccc6c5c5cccnc5n6-c5ccccc5)ccc43)cc2)cc1.c1ccc(-c2nc(-c3ccccc3)nc(-n3c4ccccc4c4cc(-c5cccc6c5c5cccnc5n6-c5ccccc5)ccc43)n2)cc1.c1ccc(-n2c3cccc(-c4ccc5c(c4)c4ccccc4n5-c4ccc5ccccc5c4)c3c3cccnc32)cc1. The Morgan fingerprint density at radius 1 is 0.154 bits per heavy atom. The number of pyridine rings is 3. The van der Waals surface area contributed by atoms with Crippen LogP contribution >= 0.6 is 0 Å². The molecule has 0 saturated carbocycles. The Morgan fingerprint density at radius 3 is 0.860 bits per heavy atom. The molecule has 0 amide bonds. The van der Waals surface area contributed by atoms with E-state index in [1.54, 1.807) is 0 Å². The molecule has 0 aliphatic rings. The van der Waals surface area contributed by atoms with E-state index in [4.69, 9.17) is 29.9 Å². The Bertz CT molecular complexity index is 9470. The molecule has 0 aliphatic carbocycles. The van der Waals surface area contributed by atoms with Gasteiger partial charge in [0.2, 0.25) is 5.95 Å². The summed E-state index contributed by atoms with van der Waals surface area (Å²) in [5.74, 6) is 1.84. The molecular formula is C124H80N12. The first-order valence-electron chi connectivity index (χ1n) is 46.0. The molecular weight excluding hydrogens is 1660 g/mol. The van der Waals surface area contributed by atoms with Gasteiger partial charge in [-0.15, -0.1) is 0 Å². The number of nitrogens with zero attached hydrogens (tertiary/aromatic N) is 12. The molecule has 0 spiro atoms. The standard InChI is InChI=1S/C44H28N6.C41H27N3.C39H25N3/c1-4-14-29(15-5-1)41-46-42(30-16-6-2-7-17-30)48-44(47-41)50-37-23-11-10-20-34(37)36-28-31(25-26-38(36)50)33-21-12-24-39-40(33)35-22-13-27-45-43(35)49(39)32-18-8-3-9-19-32;1-3-11-28(12-4-1)29-20-23-32(24-21-29)43-37-18-8-7-15-34(37)36-27-30(22-25-38(36)43)33-16-9-19-39-40(33)35-17-10-26-42-41(35)44(39)31-13-5-2-6-14-31;1-2-12-29(13-3-1)42-37-18-8-15-31(38(37)33-16-9-23-40-39(33)42)28-20-22-36-34(25-28)32-14-6-7-17-35(32)41(36)30-21-19-26-10-4-5-11-27(26)24-30/h1-28H;1-27H;1-25H. The third kappa shape index (κ3) is 13.2. The lowest BCUT2D eigenvalue weighted by molar-refractivity contribution is 0.953. The zero-order valence-corrected chi connectivity index (χ0v) is 73.6. The van der Waals surface area contributed by atoms with Gasteiger partial charge >= 0.3 is 0 Å². The maximum Gasteiger partial charge on any atom is 0.238 e. The molecule has 0 bridgehead atoms. The summed E-state index contributed by atoms with van der Waals surface area (Å²) in [7, 11) is 0. The molecule has 0 radical (unpaired) electrons. The molecule has 136 heavy (non-hydrogen) atoms. The second kappa shape index (κ2) is 32.8. The molecule has 0 atom stereocenters. The lowest BCUT2D eigenvalue weighted by Crippen LogP contribution is -2.06. The number of fused-ring (bicyclic) bond motifs is 19. The molecule has 12 heteroatoms. The minimum atomic E-state index is 0.579. The Kier molecular flexibility index (Phi) is 19.0. The van der Waals surface area contributed by atoms with Crippen molar-refractivity contribution >= 4 is 142 Å². The quantitative estimate of drug-likeness (QED) is 0.121. The van der Waals surface area contributed by atoms with Crippen LogP contribution in [-0.2, 0) is 0 Å². The van der Waals surface area contributed by atoms with Gasteiger partial charge in [-0.25, -0.2) is 19.9 Å². The normalized spacial score (nSPS) is 11.7. The monoisotopic (exact) mass is 1740 g/mol. The largest absolute Gasteiger partial charge is 0.309 e. The van der Waals surface area contributed by atoms with Crippen molar-refractivity contribution in [1.82, 2.24) is 57.3 Å². The highest BCUT2D eigenvalue weighted by molar-refractivity contribution is 6.21. The number of rotatable bonds is 12. The van der Waals surface area contributed by atoms with Crippen molar-refractivity contribution < 1.29 is 0 Å². The molecule has 0 fully saturated rings. The van der Waals surface area contributed by atoms with Gasteiger partial charge in [0.25, 0.3) is 0 Å². The van der Waals surface area contributed by atoms with Crippen molar-refractivity contribution in [1.29, 1.82) is 0 Å². The van der Waals surface area contributed by atoms with Crippen LogP contribution < -0.4 is 0 Å². The minimum Gasteiger partial charge on any atom is -0.309 e. The van der Waals surface area contributed by atoms with Crippen LogP contribution in [0.3, 0.4) is 0 Å². The topological polar surface area (TPSA) is 107 Å². The number of hydrogen-bond acceptors (Lipinski definition) is 6. The fourth-order valence-electron chi connectivity index (χ4n) is 20.8. The van der Waals surface area contributed by atoms with Gasteiger partial charge in [0.05, 0.1) is 49.7 Å². The van der Waals surface area contributed by atoms with Gasteiger partial charge in [-0.2, -0.15) is 9.97 Å². The lowest BCUT2D eigenvalue weighted by atomic mass is 9.98. The highest BCUT2D eigenvalue weighted by Crippen LogP contribution is 2.47. The minimum absolute atomic E-state index is 0.579. The average Bonchev–Trinajstić information content (AvgIpc) is 1.58. The first-order valence-corrected chi connectivity index (χ1v) is 46.0. The Hall–Kier alpha value is -18.5. The third-order valence-electron chi connectivity index (χ3n) is 26.8. The van der Waals surface area contributed by atoms with Gasteiger partial charge in [0.15, 0.2) is 11.6 Å². The summed E-state index contributed by atoms with van der Waals surface area (Å²) < 4.78 is 13.8. The van der Waals surface area contributed by atoms with E-state index in [9.17, 15) is 0 Å². The molecule has 0 unspecified atom stereocenters. The predicted molar refractivity (Wildman–Crippen MR) is 562 cm³/mol. The van der Waals surface area contributed by atoms with E-state index >= 15 is 0 Å². The van der Waals surface area contributed by atoms with Crippen molar-refractivity contribution in [2.45, 2.75) is 0 Å². The second-order valence-electron chi connectivity index (χ2n) is 34.4. The summed E-state index contributed by atoms with van der Waals surface area (Å²) in [6, 6.07) is 165. The van der Waals surface area contributed by atoms with Crippen molar-refractivity contribution in [2.75, 3.05) is 0 Å². The fraction of sp³-hybridized carbons (Fsp3) is 0. The van der Waals surface area contributed by atoms with Crippen LogP contribution in [0.2, 0.25) is 0 Å². The van der Waals surface area contributed by atoms with Gasteiger partial charge in [-0.3, -0.25) is 18.3 Å². The maximum atomic E-state index is 5.09. The molecule has 10 heterocycles. The summed E-state index contributed by atoms with van der Waals surface area (Å²) in [5.41, 5.74) is 30.3. The number of hydrogen-bond donors (Lipinski definition) is 0. The zero-order chi connectivity index (χ0) is 89.7. The number of aromatic nitrogens is 12. The van der Waals surface area contributed by atoms with E-state index in [0.717, 1.165) is 116 Å². The molecule has 28 aromatic rings. The van der Waals surface area contributed by atoms with Gasteiger partial charge in [0, 0.05) is 123 Å². The summed E-state index contributed by atoms with van der Waals surface area (Å²) in [6.07, 6.45) is 5.64. The summed E-state index contributed by atoms with van der Waals surface area (Å²) in [6.45, 7) is 0. The van der Waals surface area contributed by atoms with Crippen LogP contribution in [0.25, 0.3) is 244 Å². The van der Waals surface area contributed by atoms with Crippen molar-refractivity contribution in [3.63, 3.8) is 0 Å². The average molecular weight is 1740 g/mol. The van der Waals surface area contributed by atoms with Gasteiger partial charge in [-0.1, -0.05) is 297 Å². The molecule has 10 aromatic heterocycles. The first kappa shape index (κ1) is 78.5. The molecule has 28 rings (SSSR count). The molecule has 636 valence electrons. The van der Waals surface area contributed by atoms with Crippen molar-refractivity contribution in [3.8, 4) is 102 Å². The van der Waals surface area contributed by atoms with Crippen LogP contribution in [0.1, 0.15) is 0 Å². The highest BCUT2D eigenvalue weighted by atomic mass is 15.2. The van der Waals surface area contributed by atoms with Crippen LogP contribution in [0.5, 0.6) is 0 Å². The van der Waals surface area contributed by atoms with Gasteiger partial charge in [-0.05, 0) is 225 Å². The third-order valence-corrected chi connectivity index (χ3v) is 26.8. The van der Waals surface area contributed by atoms with Crippen molar-refractivity contribution in [2.24, 2.45) is 0 Å². The van der Waals surface area contributed by atoms with E-state index in [-0.39, 0.29) is 0 Å². The Labute approximate surface area is 781 Å². The van der Waals surface area contributed by atoms with Crippen LogP contribution in [0.4, 0.5) is 0 Å². The molecule has 0 aliphatic heterocycles. The number of benzene rings is 18. The van der Waals surface area contributed by atoms with Crippen LogP contribution in [-0.4, -0.2) is 57.3 Å². The van der Waals surface area contributed by atoms with Crippen LogP contribution in [0.15, 0.2) is 486 Å². The molecule has 0 N–H and O–H groups in total. The first-order chi connectivity index (χ1) is 67.5. The van der Waals surface area contributed by atoms with E-state index in [2.05, 4.69) is 410 Å². The van der Waals surface area contributed by atoms with E-state index in [1.165, 1.54) is 110 Å². The van der Waals surface area contributed by atoms with Gasteiger partial charge in [0.1, 0.15) is 16.9 Å². The van der Waals surface area contributed by atoms with E-state index in [1.807, 2.05) is 104 Å². The number of para-hydroxylation sites is 6. The summed E-state index contributed by atoms with van der Waals surface area (Å²) in [4.78, 5) is 29.6. The summed E-state index contributed by atoms with van der Waals surface area (Å²) >= 11 is 0. The van der Waals surface area contributed by atoms with Crippen molar-refractivity contribution in [3.05, 3.63) is 486 Å². The maximum absolute atomic E-state index is 5.09. The van der Waals surface area contributed by atoms with Crippen LogP contribution in [0, 0.1) is 0 Å². The second-order valence-corrected chi connectivity index (χ2v) is 34.4. The molecule has 18 aromatic carbocycles.